The third kappa shape index (κ3) is 5.51. The molecule has 0 bridgehead atoms. The first-order valence-corrected chi connectivity index (χ1v) is 11.1. The van der Waals surface area contributed by atoms with Crippen LogP contribution in [-0.2, 0) is 16.2 Å². The number of methoxy groups -OCH3 is 1. The zero-order chi connectivity index (χ0) is 21.9. The molecule has 6 nitrogen and oxygen atoms in total. The molecule has 1 aliphatic carbocycles. The molecule has 0 spiro atoms. The molecule has 0 radical (unpaired) electrons. The van der Waals surface area contributed by atoms with E-state index in [1.807, 2.05) is 12.2 Å². The molecule has 1 aromatic carbocycles. The van der Waals surface area contributed by atoms with Crippen LogP contribution in [0.2, 0.25) is 0 Å². The zero-order valence-electron chi connectivity index (χ0n) is 16.5. The van der Waals surface area contributed by atoms with Crippen molar-refractivity contribution < 1.29 is 26.3 Å². The summed E-state index contributed by atoms with van der Waals surface area (Å²) in [6.45, 7) is 0.305. The maximum atomic E-state index is 13.3. The molecule has 30 heavy (non-hydrogen) atoms. The number of hydrogen-bond acceptors (Lipinski definition) is 4. The second-order valence-corrected chi connectivity index (χ2v) is 8.82. The van der Waals surface area contributed by atoms with E-state index in [0.717, 1.165) is 12.3 Å². The Labute approximate surface area is 173 Å². The van der Waals surface area contributed by atoms with Gasteiger partial charge in [-0.1, -0.05) is 18.2 Å². The van der Waals surface area contributed by atoms with Gasteiger partial charge in [-0.05, 0) is 54.7 Å². The van der Waals surface area contributed by atoms with E-state index in [2.05, 4.69) is 9.82 Å². The zero-order valence-corrected chi connectivity index (χ0v) is 17.3. The summed E-state index contributed by atoms with van der Waals surface area (Å²) in [6.07, 6.45) is 3.21. The Morgan fingerprint density at radius 3 is 2.50 bits per heavy atom. The Morgan fingerprint density at radius 2 is 1.97 bits per heavy atom. The molecular weight excluding hydrogens is 419 g/mol. The van der Waals surface area contributed by atoms with Gasteiger partial charge in [-0.25, -0.2) is 17.8 Å². The Kier molecular flexibility index (Phi) is 6.37. The minimum Gasteiger partial charge on any atom is -0.497 e. The van der Waals surface area contributed by atoms with E-state index in [9.17, 15) is 21.6 Å². The quantitative estimate of drug-likeness (QED) is 0.710. The maximum Gasteiger partial charge on any atom is 0.435 e. The summed E-state index contributed by atoms with van der Waals surface area (Å²) in [4.78, 5) is 0. The van der Waals surface area contributed by atoms with Gasteiger partial charge in [-0.3, -0.25) is 0 Å². The van der Waals surface area contributed by atoms with Crippen LogP contribution in [0.25, 0.3) is 11.3 Å². The first-order chi connectivity index (χ1) is 14.1. The van der Waals surface area contributed by atoms with E-state index in [0.29, 0.717) is 42.1 Å². The van der Waals surface area contributed by atoms with Crippen molar-refractivity contribution in [2.24, 2.45) is 5.92 Å². The fourth-order valence-electron chi connectivity index (χ4n) is 3.14. The number of sulfonamides is 1. The van der Waals surface area contributed by atoms with Gasteiger partial charge in [0.1, 0.15) is 5.75 Å². The lowest BCUT2D eigenvalue weighted by molar-refractivity contribution is -0.141. The molecule has 3 rings (SSSR count). The molecule has 162 valence electrons. The number of ether oxygens (including phenoxy) is 1. The first-order valence-electron chi connectivity index (χ1n) is 9.22. The third-order valence-corrected chi connectivity index (χ3v) is 5.41. The van der Waals surface area contributed by atoms with Crippen LogP contribution < -0.4 is 9.46 Å². The van der Waals surface area contributed by atoms with E-state index in [1.165, 1.54) is 11.8 Å². The topological polar surface area (TPSA) is 73.2 Å². The minimum atomic E-state index is -4.56. The standard InChI is InChI=1S/C20H22F3N3O3S/c1-29-17-9-7-16(8-10-17)26-18(13-19(25-26)20(21,22)23)15-5-3-14(4-6-15)11-12-24-30(2,27)28/h3,5-10,13-14,24H,4,11-12H2,1-2H3. The summed E-state index contributed by atoms with van der Waals surface area (Å²) in [5, 5.41) is 3.78. The smallest absolute Gasteiger partial charge is 0.435 e. The van der Waals surface area contributed by atoms with Gasteiger partial charge >= 0.3 is 6.18 Å². The van der Waals surface area contributed by atoms with Crippen LogP contribution in [0.5, 0.6) is 5.75 Å². The van der Waals surface area contributed by atoms with Gasteiger partial charge in [0, 0.05) is 6.54 Å². The minimum absolute atomic E-state index is 0.0995. The molecule has 1 heterocycles. The van der Waals surface area contributed by atoms with Gasteiger partial charge < -0.3 is 4.74 Å². The molecule has 0 saturated heterocycles. The van der Waals surface area contributed by atoms with Crippen molar-refractivity contribution in [1.82, 2.24) is 14.5 Å². The molecule has 1 aliphatic rings. The third-order valence-electron chi connectivity index (χ3n) is 4.68. The molecule has 1 aromatic heterocycles. The van der Waals surface area contributed by atoms with Gasteiger partial charge in [0.2, 0.25) is 10.0 Å². The number of alkyl halides is 3. The molecule has 2 aromatic rings. The van der Waals surface area contributed by atoms with Crippen molar-refractivity contribution in [3.8, 4) is 11.4 Å². The highest BCUT2D eigenvalue weighted by Crippen LogP contribution is 2.34. The van der Waals surface area contributed by atoms with Crippen LogP contribution >= 0.6 is 0 Å². The van der Waals surface area contributed by atoms with Crippen molar-refractivity contribution in [2.45, 2.75) is 19.0 Å². The number of benzene rings is 1. The van der Waals surface area contributed by atoms with Gasteiger partial charge in [0.05, 0.1) is 24.7 Å². The average Bonchev–Trinajstić information content (AvgIpc) is 3.13. The van der Waals surface area contributed by atoms with Crippen LogP contribution in [0, 0.1) is 5.92 Å². The van der Waals surface area contributed by atoms with Gasteiger partial charge in [-0.15, -0.1) is 0 Å². The number of halogens is 3. The molecule has 1 N–H and O–H groups in total. The van der Waals surface area contributed by atoms with Crippen molar-refractivity contribution in [1.29, 1.82) is 0 Å². The van der Waals surface area contributed by atoms with E-state index in [4.69, 9.17) is 4.74 Å². The normalized spacial score (nSPS) is 17.1. The largest absolute Gasteiger partial charge is 0.497 e. The van der Waals surface area contributed by atoms with Crippen LogP contribution in [-0.4, -0.2) is 38.1 Å². The van der Waals surface area contributed by atoms with Crippen molar-refractivity contribution in [3.63, 3.8) is 0 Å². The van der Waals surface area contributed by atoms with Gasteiger partial charge in [-0.2, -0.15) is 18.3 Å². The first kappa shape index (κ1) is 22.1. The predicted molar refractivity (Wildman–Crippen MR) is 108 cm³/mol. The Balaban J connectivity index is 1.84. The molecule has 0 aliphatic heterocycles. The number of nitrogens with one attached hydrogen (secondary N) is 1. The highest BCUT2D eigenvalue weighted by Gasteiger charge is 2.35. The van der Waals surface area contributed by atoms with E-state index < -0.39 is 21.9 Å². The van der Waals surface area contributed by atoms with Crippen LogP contribution in [0.3, 0.4) is 0 Å². The molecular formula is C20H22F3N3O3S. The van der Waals surface area contributed by atoms with E-state index in [1.54, 1.807) is 30.3 Å². The van der Waals surface area contributed by atoms with Crippen LogP contribution in [0.15, 0.2) is 48.6 Å². The van der Waals surface area contributed by atoms with Crippen LogP contribution in [0.4, 0.5) is 13.2 Å². The Morgan fingerprint density at radius 1 is 1.27 bits per heavy atom. The van der Waals surface area contributed by atoms with E-state index >= 15 is 0 Å². The highest BCUT2D eigenvalue weighted by atomic mass is 32.2. The Bertz CT molecular complexity index is 1060. The number of hydrogen-bond donors (Lipinski definition) is 1. The average molecular weight is 441 g/mol. The lowest BCUT2D eigenvalue weighted by atomic mass is 9.92. The molecule has 0 amide bonds. The number of rotatable bonds is 7. The van der Waals surface area contributed by atoms with Crippen LogP contribution in [0.1, 0.15) is 24.2 Å². The number of aromatic nitrogens is 2. The fraction of sp³-hybridized carbons (Fsp3) is 0.350. The molecule has 1 unspecified atom stereocenters. The monoisotopic (exact) mass is 441 g/mol. The fourth-order valence-corrected chi connectivity index (χ4v) is 3.63. The molecule has 1 atom stereocenters. The summed E-state index contributed by atoms with van der Waals surface area (Å²) >= 11 is 0. The molecule has 0 saturated carbocycles. The summed E-state index contributed by atoms with van der Waals surface area (Å²) in [7, 11) is -1.74. The van der Waals surface area contributed by atoms with Gasteiger partial charge in [0.15, 0.2) is 5.69 Å². The van der Waals surface area contributed by atoms with Crippen molar-refractivity contribution in [2.75, 3.05) is 19.9 Å². The Hall–Kier alpha value is -2.59. The number of allylic oxidation sites excluding steroid dienone is 4. The summed E-state index contributed by atoms with van der Waals surface area (Å²) in [5.74, 6) is 0.688. The number of nitrogens with zero attached hydrogens (tertiary/aromatic N) is 2. The summed E-state index contributed by atoms with van der Waals surface area (Å²) < 4.78 is 71.0. The molecule has 0 fully saturated rings. The summed E-state index contributed by atoms with van der Waals surface area (Å²) in [5.41, 5.74) is 0.467. The maximum absolute atomic E-state index is 13.3. The summed E-state index contributed by atoms with van der Waals surface area (Å²) in [6, 6.07) is 7.63. The van der Waals surface area contributed by atoms with E-state index in [-0.39, 0.29) is 5.92 Å². The van der Waals surface area contributed by atoms with Gasteiger partial charge in [0.25, 0.3) is 0 Å². The lowest BCUT2D eigenvalue weighted by Crippen LogP contribution is -2.24. The SMILES string of the molecule is COc1ccc(-n2nc(C(F)(F)F)cc2C2=CCC(CCNS(C)(=O)=O)C=C2)cc1. The highest BCUT2D eigenvalue weighted by molar-refractivity contribution is 7.88. The van der Waals surface area contributed by atoms with Crippen molar-refractivity contribution >= 4 is 15.6 Å². The lowest BCUT2D eigenvalue weighted by Gasteiger charge is -2.17. The second-order valence-electron chi connectivity index (χ2n) is 6.99. The second kappa shape index (κ2) is 8.65. The predicted octanol–water partition coefficient (Wildman–Crippen LogP) is 3.80. The van der Waals surface area contributed by atoms with Crippen molar-refractivity contribution in [3.05, 3.63) is 59.9 Å². The molecule has 10 heteroatoms.